The molecule has 1 amide bonds. The maximum absolute atomic E-state index is 13.7. The molecule has 0 radical (unpaired) electrons. The largest absolute Gasteiger partial charge is 0.573 e. The van der Waals surface area contributed by atoms with E-state index in [1.807, 2.05) is 0 Å². The standard InChI is InChI=1S/C26H17F3N2O6/c1-35-18-10-4-6-14-12-19(36-24(14)18)22(32)20-21(17-9-2-3-11-30-17)31(25(34)23(20)33)15-7-5-8-16(13-15)37-26(27,28)29/h2-13,21,33H,1H3. The van der Waals surface area contributed by atoms with E-state index < -0.39 is 35.6 Å². The number of nitrogens with zero attached hydrogens (tertiary/aromatic N) is 2. The van der Waals surface area contributed by atoms with E-state index in [-0.39, 0.29) is 22.7 Å². The summed E-state index contributed by atoms with van der Waals surface area (Å²) in [4.78, 5) is 32.1. The van der Waals surface area contributed by atoms with Gasteiger partial charge in [0.2, 0.25) is 5.78 Å². The molecule has 37 heavy (non-hydrogen) atoms. The number of carbonyl (C=O) groups is 2. The van der Waals surface area contributed by atoms with Crippen LogP contribution in [-0.4, -0.2) is 35.3 Å². The highest BCUT2D eigenvalue weighted by molar-refractivity contribution is 6.20. The fraction of sp³-hybridized carbons (Fsp3) is 0.115. The zero-order valence-corrected chi connectivity index (χ0v) is 19.0. The van der Waals surface area contributed by atoms with E-state index in [0.29, 0.717) is 16.7 Å². The van der Waals surface area contributed by atoms with Crippen LogP contribution in [0.2, 0.25) is 0 Å². The summed E-state index contributed by atoms with van der Waals surface area (Å²) in [7, 11) is 1.44. The number of aromatic nitrogens is 1. The number of rotatable bonds is 6. The number of aliphatic hydroxyl groups excluding tert-OH is 1. The van der Waals surface area contributed by atoms with Crippen molar-refractivity contribution in [2.45, 2.75) is 12.4 Å². The number of fused-ring (bicyclic) bond motifs is 1. The molecule has 1 N–H and O–H groups in total. The highest BCUT2D eigenvalue weighted by Crippen LogP contribution is 2.43. The van der Waals surface area contributed by atoms with Crippen LogP contribution in [0.25, 0.3) is 11.0 Å². The van der Waals surface area contributed by atoms with E-state index in [4.69, 9.17) is 9.15 Å². The fourth-order valence-corrected chi connectivity index (χ4v) is 4.19. The third-order valence-corrected chi connectivity index (χ3v) is 5.70. The van der Waals surface area contributed by atoms with Gasteiger partial charge in [0.05, 0.1) is 18.4 Å². The second-order valence-electron chi connectivity index (χ2n) is 7.96. The van der Waals surface area contributed by atoms with Crippen LogP contribution in [0.1, 0.15) is 22.3 Å². The number of hydrogen-bond donors (Lipinski definition) is 1. The summed E-state index contributed by atoms with van der Waals surface area (Å²) in [5.74, 6) is -3.06. The Morgan fingerprint density at radius 1 is 1.08 bits per heavy atom. The predicted octanol–water partition coefficient (Wildman–Crippen LogP) is 5.52. The Labute approximate surface area is 207 Å². The minimum atomic E-state index is -4.96. The van der Waals surface area contributed by atoms with Crippen LogP contribution < -0.4 is 14.4 Å². The third kappa shape index (κ3) is 4.35. The van der Waals surface area contributed by atoms with Crippen molar-refractivity contribution in [3.63, 3.8) is 0 Å². The molecule has 2 aromatic carbocycles. The molecular formula is C26H17F3N2O6. The lowest BCUT2D eigenvalue weighted by Gasteiger charge is -2.26. The minimum absolute atomic E-state index is 0.0528. The van der Waals surface area contributed by atoms with Gasteiger partial charge in [-0.3, -0.25) is 19.5 Å². The molecule has 3 heterocycles. The van der Waals surface area contributed by atoms with Crippen LogP contribution in [0, 0.1) is 0 Å². The first-order valence-electron chi connectivity index (χ1n) is 10.8. The number of amides is 1. The van der Waals surface area contributed by atoms with Gasteiger partial charge in [-0.25, -0.2) is 0 Å². The average molecular weight is 510 g/mol. The predicted molar refractivity (Wildman–Crippen MR) is 124 cm³/mol. The van der Waals surface area contributed by atoms with Crippen molar-refractivity contribution >= 4 is 28.3 Å². The van der Waals surface area contributed by atoms with Crippen molar-refractivity contribution in [1.82, 2.24) is 4.98 Å². The van der Waals surface area contributed by atoms with Gasteiger partial charge in [-0.15, -0.1) is 13.2 Å². The lowest BCUT2D eigenvalue weighted by Crippen LogP contribution is -2.31. The van der Waals surface area contributed by atoms with Gasteiger partial charge in [-0.2, -0.15) is 0 Å². The Bertz CT molecular complexity index is 1540. The zero-order chi connectivity index (χ0) is 26.3. The van der Waals surface area contributed by atoms with E-state index in [0.717, 1.165) is 17.0 Å². The van der Waals surface area contributed by atoms with Crippen LogP contribution in [0.4, 0.5) is 18.9 Å². The van der Waals surface area contributed by atoms with Gasteiger partial charge in [-0.1, -0.05) is 24.3 Å². The molecule has 8 nitrogen and oxygen atoms in total. The summed E-state index contributed by atoms with van der Waals surface area (Å²) < 4.78 is 53.4. The topological polar surface area (TPSA) is 102 Å². The number of pyridine rings is 1. The molecule has 1 aliphatic heterocycles. The van der Waals surface area contributed by atoms with E-state index in [1.165, 1.54) is 37.6 Å². The number of halogens is 3. The van der Waals surface area contributed by atoms with E-state index in [1.54, 1.807) is 30.3 Å². The highest BCUT2D eigenvalue weighted by atomic mass is 19.4. The quantitative estimate of drug-likeness (QED) is 0.341. The molecule has 11 heteroatoms. The number of methoxy groups -OCH3 is 1. The first-order chi connectivity index (χ1) is 17.7. The molecule has 1 aliphatic rings. The number of ketones is 1. The van der Waals surface area contributed by atoms with Crippen LogP contribution >= 0.6 is 0 Å². The van der Waals surface area contributed by atoms with Crippen LogP contribution in [0.5, 0.6) is 11.5 Å². The number of para-hydroxylation sites is 1. The lowest BCUT2D eigenvalue weighted by atomic mass is 9.98. The smallest absolute Gasteiger partial charge is 0.503 e. The number of benzene rings is 2. The number of furan rings is 1. The summed E-state index contributed by atoms with van der Waals surface area (Å²) in [5.41, 5.74) is 0.0898. The van der Waals surface area contributed by atoms with Crippen molar-refractivity contribution in [3.8, 4) is 11.5 Å². The van der Waals surface area contributed by atoms with Gasteiger partial charge < -0.3 is 19.0 Å². The molecule has 5 rings (SSSR count). The summed E-state index contributed by atoms with van der Waals surface area (Å²) >= 11 is 0. The maximum Gasteiger partial charge on any atom is 0.573 e. The molecule has 0 bridgehead atoms. The number of anilines is 1. The number of alkyl halides is 3. The first kappa shape index (κ1) is 23.9. The molecule has 0 saturated carbocycles. The van der Waals surface area contributed by atoms with E-state index >= 15 is 0 Å². The summed E-state index contributed by atoms with van der Waals surface area (Å²) in [6, 6.07) is 14.6. The summed E-state index contributed by atoms with van der Waals surface area (Å²) in [6.45, 7) is 0. The Morgan fingerprint density at radius 3 is 2.57 bits per heavy atom. The second kappa shape index (κ2) is 9.01. The van der Waals surface area contributed by atoms with Crippen molar-refractivity contribution < 1.29 is 41.8 Å². The van der Waals surface area contributed by atoms with Gasteiger partial charge >= 0.3 is 6.36 Å². The van der Waals surface area contributed by atoms with Gasteiger partial charge in [0.25, 0.3) is 5.91 Å². The lowest BCUT2D eigenvalue weighted by molar-refractivity contribution is -0.274. The van der Waals surface area contributed by atoms with Crippen molar-refractivity contribution in [3.05, 3.63) is 95.7 Å². The number of ether oxygens (including phenoxy) is 2. The number of Topliss-reactive ketones (excluding diaryl/α,β-unsaturated/α-hetero) is 1. The Kier molecular flexibility index (Phi) is 5.82. The molecule has 0 spiro atoms. The maximum atomic E-state index is 13.7. The van der Waals surface area contributed by atoms with Crippen molar-refractivity contribution in [1.29, 1.82) is 0 Å². The number of carbonyl (C=O) groups excluding carboxylic acids is 2. The molecule has 0 aliphatic carbocycles. The van der Waals surface area contributed by atoms with Gasteiger partial charge in [0, 0.05) is 23.3 Å². The van der Waals surface area contributed by atoms with Gasteiger partial charge in [0.1, 0.15) is 11.8 Å². The van der Waals surface area contributed by atoms with Gasteiger partial charge in [0.15, 0.2) is 22.9 Å². The van der Waals surface area contributed by atoms with Crippen LogP contribution in [0.15, 0.2) is 88.7 Å². The van der Waals surface area contributed by atoms with Crippen LogP contribution in [0.3, 0.4) is 0 Å². The third-order valence-electron chi connectivity index (χ3n) is 5.70. The molecule has 0 saturated heterocycles. The molecular weight excluding hydrogens is 493 g/mol. The van der Waals surface area contributed by atoms with Crippen LogP contribution in [-0.2, 0) is 4.79 Å². The zero-order valence-electron chi connectivity index (χ0n) is 19.0. The minimum Gasteiger partial charge on any atom is -0.503 e. The first-order valence-corrected chi connectivity index (χ1v) is 10.8. The number of hydrogen-bond acceptors (Lipinski definition) is 7. The molecule has 4 aromatic rings. The van der Waals surface area contributed by atoms with E-state index in [9.17, 15) is 27.9 Å². The Hall–Kier alpha value is -4.80. The number of aliphatic hydroxyl groups is 1. The molecule has 1 unspecified atom stereocenters. The van der Waals surface area contributed by atoms with Gasteiger partial charge in [-0.05, 0) is 36.4 Å². The Balaban J connectivity index is 1.62. The summed E-state index contributed by atoms with van der Waals surface area (Å²) in [6.07, 6.45) is -3.54. The SMILES string of the molecule is COc1cccc2cc(C(=O)C3=C(O)C(=O)N(c4cccc(OC(F)(F)F)c4)C3c3ccccn3)oc12. The van der Waals surface area contributed by atoms with Crippen molar-refractivity contribution in [2.24, 2.45) is 0 Å². The monoisotopic (exact) mass is 510 g/mol. The Morgan fingerprint density at radius 2 is 1.86 bits per heavy atom. The fourth-order valence-electron chi connectivity index (χ4n) is 4.19. The molecule has 188 valence electrons. The van der Waals surface area contributed by atoms with E-state index in [2.05, 4.69) is 9.72 Å². The second-order valence-corrected chi connectivity index (χ2v) is 7.96. The normalized spacial score (nSPS) is 15.9. The highest BCUT2D eigenvalue weighted by Gasteiger charge is 2.46. The molecule has 0 fully saturated rings. The molecule has 2 aromatic heterocycles. The molecule has 1 atom stereocenters. The van der Waals surface area contributed by atoms with Crippen molar-refractivity contribution in [2.75, 3.05) is 12.0 Å². The average Bonchev–Trinajstić information content (AvgIpc) is 3.42. The summed E-state index contributed by atoms with van der Waals surface area (Å²) in [5, 5.41) is 11.4.